The Balaban J connectivity index is 2.16. The number of benzene rings is 2. The van der Waals surface area contributed by atoms with Crippen LogP contribution >= 0.6 is 0 Å². The Kier molecular flexibility index (Phi) is 6.10. The Hall–Kier alpha value is -3.62. The minimum Gasteiger partial charge on any atom is -0.273 e. The lowest BCUT2D eigenvalue weighted by molar-refractivity contribution is -0.394. The van der Waals surface area contributed by atoms with Crippen molar-refractivity contribution in [2.75, 3.05) is 0 Å². The van der Waals surface area contributed by atoms with Crippen LogP contribution in [0.25, 0.3) is 0 Å². The second-order valence-electron chi connectivity index (χ2n) is 5.32. The Bertz CT molecular complexity index is 865. The van der Waals surface area contributed by atoms with Crippen LogP contribution < -0.4 is 5.43 Å². The van der Waals surface area contributed by atoms with E-state index in [1.54, 1.807) is 0 Å². The van der Waals surface area contributed by atoms with E-state index in [9.17, 15) is 25.0 Å². The number of hydrogen-bond donors (Lipinski definition) is 1. The molecule has 0 unspecified atom stereocenters. The lowest BCUT2D eigenvalue weighted by Gasteiger charge is -2.06. The maximum absolute atomic E-state index is 12.1. The molecule has 0 aromatic heterocycles. The third-order valence-corrected chi connectivity index (χ3v) is 3.58. The van der Waals surface area contributed by atoms with Crippen LogP contribution in [-0.4, -0.2) is 21.5 Å². The van der Waals surface area contributed by atoms with Crippen molar-refractivity contribution < 1.29 is 14.6 Å². The van der Waals surface area contributed by atoms with Gasteiger partial charge in [0, 0.05) is 11.6 Å². The molecule has 0 aliphatic heterocycles. The predicted octanol–water partition coefficient (Wildman–Crippen LogP) is 2.98. The van der Waals surface area contributed by atoms with Crippen LogP contribution in [0, 0.1) is 20.2 Å². The van der Waals surface area contributed by atoms with Gasteiger partial charge in [0.25, 0.3) is 11.4 Å². The van der Waals surface area contributed by atoms with Gasteiger partial charge in [0.15, 0.2) is 0 Å². The number of amides is 1. The average molecular weight is 356 g/mol. The summed E-state index contributed by atoms with van der Waals surface area (Å²) in [5.41, 5.74) is 3.09. The molecule has 0 atom stereocenters. The summed E-state index contributed by atoms with van der Waals surface area (Å²) in [6, 6.07) is 12.4. The molecule has 0 aliphatic carbocycles. The van der Waals surface area contributed by atoms with Gasteiger partial charge in [0.05, 0.1) is 28.0 Å². The lowest BCUT2D eigenvalue weighted by Crippen LogP contribution is -2.22. The van der Waals surface area contributed by atoms with Gasteiger partial charge in [0.2, 0.25) is 5.91 Å². The topological polar surface area (TPSA) is 128 Å². The van der Waals surface area contributed by atoms with E-state index in [-0.39, 0.29) is 12.0 Å². The number of hydrazone groups is 1. The molecule has 1 N–H and O–H groups in total. The summed E-state index contributed by atoms with van der Waals surface area (Å²) in [4.78, 5) is 32.4. The minimum absolute atomic E-state index is 0.0751. The molecule has 0 bridgehead atoms. The average Bonchev–Trinajstić information content (AvgIpc) is 2.63. The van der Waals surface area contributed by atoms with Gasteiger partial charge in [0.1, 0.15) is 0 Å². The summed E-state index contributed by atoms with van der Waals surface area (Å²) in [7, 11) is 0. The fraction of sp³-hybridized carbons (Fsp3) is 0.176. The third-order valence-electron chi connectivity index (χ3n) is 3.58. The molecule has 9 heteroatoms. The van der Waals surface area contributed by atoms with E-state index >= 15 is 0 Å². The molecule has 2 aromatic rings. The quantitative estimate of drug-likeness (QED) is 0.463. The molecule has 1 amide bonds. The van der Waals surface area contributed by atoms with E-state index in [1.165, 1.54) is 6.07 Å². The predicted molar refractivity (Wildman–Crippen MR) is 94.9 cm³/mol. The zero-order valence-corrected chi connectivity index (χ0v) is 13.9. The minimum atomic E-state index is -0.750. The van der Waals surface area contributed by atoms with Crippen molar-refractivity contribution in [1.29, 1.82) is 0 Å². The summed E-state index contributed by atoms with van der Waals surface area (Å²) < 4.78 is 0. The van der Waals surface area contributed by atoms with Crippen molar-refractivity contribution in [1.82, 2.24) is 5.43 Å². The van der Waals surface area contributed by atoms with Gasteiger partial charge in [-0.1, -0.05) is 37.3 Å². The van der Waals surface area contributed by atoms with Crippen LogP contribution in [0.4, 0.5) is 11.4 Å². The summed E-state index contributed by atoms with van der Waals surface area (Å²) in [5.74, 6) is -0.552. The highest BCUT2D eigenvalue weighted by Gasteiger charge is 2.21. The number of hydrogen-bond acceptors (Lipinski definition) is 6. The molecule has 0 spiro atoms. The van der Waals surface area contributed by atoms with Crippen molar-refractivity contribution in [3.63, 3.8) is 0 Å². The van der Waals surface area contributed by atoms with Crippen LogP contribution in [0.2, 0.25) is 0 Å². The molecule has 0 saturated carbocycles. The molecule has 0 saturated heterocycles. The van der Waals surface area contributed by atoms with Gasteiger partial charge in [-0.25, -0.2) is 5.43 Å². The van der Waals surface area contributed by atoms with Crippen molar-refractivity contribution in [2.45, 2.75) is 19.8 Å². The van der Waals surface area contributed by atoms with E-state index < -0.39 is 27.1 Å². The number of nitrogens with zero attached hydrogens (tertiary/aromatic N) is 3. The number of carbonyl (C=O) groups is 1. The SMILES string of the molecule is CC/C(=N\NC(=O)Cc1ccc([N+](=O)[O-])cc1[N+](=O)[O-])c1ccccc1. The van der Waals surface area contributed by atoms with Gasteiger partial charge in [-0.15, -0.1) is 0 Å². The zero-order valence-electron chi connectivity index (χ0n) is 13.9. The largest absolute Gasteiger partial charge is 0.279 e. The monoisotopic (exact) mass is 356 g/mol. The molecule has 2 rings (SSSR count). The second-order valence-corrected chi connectivity index (χ2v) is 5.32. The van der Waals surface area contributed by atoms with Crippen LogP contribution in [0.3, 0.4) is 0 Å². The number of nitrogens with one attached hydrogen (secondary N) is 1. The van der Waals surface area contributed by atoms with Gasteiger partial charge in [-0.2, -0.15) is 5.10 Å². The van der Waals surface area contributed by atoms with E-state index in [4.69, 9.17) is 0 Å². The van der Waals surface area contributed by atoms with Crippen molar-refractivity contribution in [3.05, 3.63) is 79.9 Å². The maximum atomic E-state index is 12.1. The van der Waals surface area contributed by atoms with Crippen LogP contribution in [0.15, 0.2) is 53.6 Å². The third kappa shape index (κ3) is 4.69. The molecule has 9 nitrogen and oxygen atoms in total. The zero-order chi connectivity index (χ0) is 19.1. The lowest BCUT2D eigenvalue weighted by atomic mass is 10.1. The summed E-state index contributed by atoms with van der Waals surface area (Å²) in [6.45, 7) is 1.89. The standard InChI is InChI=1S/C17H16N4O5/c1-2-15(12-6-4-3-5-7-12)18-19-17(22)10-13-8-9-14(20(23)24)11-16(13)21(25)26/h3-9,11H,2,10H2,1H3,(H,19,22)/b18-15+. The highest BCUT2D eigenvalue weighted by molar-refractivity contribution is 6.00. The number of rotatable bonds is 7. The Labute approximate surface area is 148 Å². The normalized spacial score (nSPS) is 11.0. The summed E-state index contributed by atoms with van der Waals surface area (Å²) >= 11 is 0. The summed E-state index contributed by atoms with van der Waals surface area (Å²) in [5, 5.41) is 25.9. The molecular formula is C17H16N4O5. The van der Waals surface area contributed by atoms with Crippen LogP contribution in [-0.2, 0) is 11.2 Å². The molecule has 0 aliphatic rings. The fourth-order valence-corrected chi connectivity index (χ4v) is 2.31. The molecule has 2 aromatic carbocycles. The highest BCUT2D eigenvalue weighted by Crippen LogP contribution is 2.25. The van der Waals surface area contributed by atoms with Gasteiger partial charge in [-0.3, -0.25) is 25.0 Å². The molecular weight excluding hydrogens is 340 g/mol. The first-order valence-corrected chi connectivity index (χ1v) is 7.75. The van der Waals surface area contributed by atoms with Crippen LogP contribution in [0.5, 0.6) is 0 Å². The Morgan fingerprint density at radius 2 is 1.77 bits per heavy atom. The van der Waals surface area contributed by atoms with Crippen molar-refractivity contribution in [2.24, 2.45) is 5.10 Å². The smallest absolute Gasteiger partial charge is 0.273 e. The first-order chi connectivity index (χ1) is 12.4. The number of nitro groups is 2. The fourth-order valence-electron chi connectivity index (χ4n) is 2.31. The van der Waals surface area contributed by atoms with Gasteiger partial charge < -0.3 is 0 Å². The van der Waals surface area contributed by atoms with Gasteiger partial charge in [-0.05, 0) is 18.1 Å². The van der Waals surface area contributed by atoms with E-state index in [1.807, 2.05) is 37.3 Å². The van der Waals surface area contributed by atoms with Gasteiger partial charge >= 0.3 is 0 Å². The molecule has 134 valence electrons. The highest BCUT2D eigenvalue weighted by atomic mass is 16.6. The van der Waals surface area contributed by atoms with E-state index in [0.29, 0.717) is 12.1 Å². The van der Waals surface area contributed by atoms with E-state index in [0.717, 1.165) is 17.7 Å². The first-order valence-electron chi connectivity index (χ1n) is 7.75. The Morgan fingerprint density at radius 1 is 1.08 bits per heavy atom. The molecule has 26 heavy (non-hydrogen) atoms. The number of carbonyl (C=O) groups excluding carboxylic acids is 1. The molecule has 0 fully saturated rings. The number of nitro benzene ring substituents is 2. The van der Waals surface area contributed by atoms with Crippen molar-refractivity contribution >= 4 is 23.0 Å². The molecule has 0 radical (unpaired) electrons. The Morgan fingerprint density at radius 3 is 2.35 bits per heavy atom. The first kappa shape index (κ1) is 18.7. The summed E-state index contributed by atoms with van der Waals surface area (Å²) in [6.07, 6.45) is 0.269. The molecule has 0 heterocycles. The number of non-ortho nitro benzene ring substituents is 1. The van der Waals surface area contributed by atoms with Crippen molar-refractivity contribution in [3.8, 4) is 0 Å². The van der Waals surface area contributed by atoms with Crippen LogP contribution in [0.1, 0.15) is 24.5 Å². The second kappa shape index (κ2) is 8.47. The maximum Gasteiger partial charge on any atom is 0.279 e. The van der Waals surface area contributed by atoms with E-state index in [2.05, 4.69) is 10.5 Å².